The van der Waals surface area contributed by atoms with Crippen molar-refractivity contribution < 1.29 is 0 Å². The first-order valence-electron chi connectivity index (χ1n) is 4.80. The minimum absolute atomic E-state index is 0.272. The third-order valence-corrected chi connectivity index (χ3v) is 4.78. The number of aryl methyl sites for hydroxylation is 2. The van der Waals surface area contributed by atoms with Crippen LogP contribution in [0.2, 0.25) is 0 Å². The molecule has 2 heteroatoms. The Morgan fingerprint density at radius 2 is 2.15 bits per heavy atom. The van der Waals surface area contributed by atoms with E-state index in [1.807, 2.05) is 11.3 Å². The van der Waals surface area contributed by atoms with Gasteiger partial charge >= 0.3 is 0 Å². The number of hydrogen-bond acceptors (Lipinski definition) is 1. The molecule has 1 heterocycles. The lowest BCUT2D eigenvalue weighted by Gasteiger charge is -2.06. The van der Waals surface area contributed by atoms with Gasteiger partial charge < -0.3 is 0 Å². The molecule has 0 nitrogen and oxygen atoms in total. The second-order valence-electron chi connectivity index (χ2n) is 4.18. The van der Waals surface area contributed by atoms with E-state index in [0.717, 1.165) is 11.8 Å². The van der Waals surface area contributed by atoms with Crippen LogP contribution in [0.25, 0.3) is 0 Å². The molecule has 0 saturated heterocycles. The molecule has 3 atom stereocenters. The predicted molar refractivity (Wildman–Crippen MR) is 59.7 cm³/mol. The van der Waals surface area contributed by atoms with Gasteiger partial charge in [0.05, 0.1) is 5.38 Å². The molecule has 0 aromatic carbocycles. The highest BCUT2D eigenvalue weighted by atomic mass is 35.5. The molecular weight excluding hydrogens is 200 g/mol. The van der Waals surface area contributed by atoms with Crippen molar-refractivity contribution in [1.29, 1.82) is 0 Å². The van der Waals surface area contributed by atoms with Crippen molar-refractivity contribution in [3.63, 3.8) is 0 Å². The zero-order chi connectivity index (χ0) is 9.59. The largest absolute Gasteiger partial charge is 0.144 e. The van der Waals surface area contributed by atoms with E-state index >= 15 is 0 Å². The number of halogens is 1. The summed E-state index contributed by atoms with van der Waals surface area (Å²) in [5.41, 5.74) is 1.38. The summed E-state index contributed by atoms with van der Waals surface area (Å²) < 4.78 is 0. The summed E-state index contributed by atoms with van der Waals surface area (Å²) in [4.78, 5) is 2.78. The Morgan fingerprint density at radius 1 is 1.54 bits per heavy atom. The number of hydrogen-bond donors (Lipinski definition) is 0. The zero-order valence-electron chi connectivity index (χ0n) is 8.30. The molecule has 0 bridgehead atoms. The van der Waals surface area contributed by atoms with Crippen LogP contribution >= 0.6 is 22.9 Å². The van der Waals surface area contributed by atoms with Gasteiger partial charge in [0.15, 0.2) is 0 Å². The molecule has 1 aromatic heterocycles. The molecule has 1 aliphatic rings. The molecular formula is C11H15ClS. The molecule has 0 aliphatic heterocycles. The Bertz CT molecular complexity index is 316. The fraction of sp³-hybridized carbons (Fsp3) is 0.636. The number of rotatable bonds is 2. The Morgan fingerprint density at radius 3 is 2.54 bits per heavy atom. The van der Waals surface area contributed by atoms with E-state index in [4.69, 9.17) is 11.6 Å². The van der Waals surface area contributed by atoms with E-state index in [1.54, 1.807) is 0 Å². The zero-order valence-corrected chi connectivity index (χ0v) is 9.88. The molecule has 2 rings (SSSR count). The summed E-state index contributed by atoms with van der Waals surface area (Å²) in [6.07, 6.45) is 1.31. The number of alkyl halides is 1. The number of thiophene rings is 1. The van der Waals surface area contributed by atoms with E-state index in [9.17, 15) is 0 Å². The lowest BCUT2D eigenvalue weighted by Crippen LogP contribution is -1.92. The standard InChI is InChI=1S/C11H15ClS/c1-6-5-9(6)10(12)11-7(2)4-8(3)13-11/h4,6,9-10H,5H2,1-3H3. The van der Waals surface area contributed by atoms with E-state index in [2.05, 4.69) is 26.8 Å². The van der Waals surface area contributed by atoms with Crippen LogP contribution in [0.15, 0.2) is 6.07 Å². The Balaban J connectivity index is 2.19. The van der Waals surface area contributed by atoms with Gasteiger partial charge in [-0.3, -0.25) is 0 Å². The van der Waals surface area contributed by atoms with Crippen molar-refractivity contribution in [2.45, 2.75) is 32.6 Å². The summed E-state index contributed by atoms with van der Waals surface area (Å²) in [5, 5.41) is 0.272. The first-order valence-corrected chi connectivity index (χ1v) is 6.06. The van der Waals surface area contributed by atoms with Gasteiger partial charge in [0.2, 0.25) is 0 Å². The highest BCUT2D eigenvalue weighted by molar-refractivity contribution is 7.12. The molecule has 0 N–H and O–H groups in total. The van der Waals surface area contributed by atoms with Crippen LogP contribution in [-0.4, -0.2) is 0 Å². The van der Waals surface area contributed by atoms with Crippen LogP contribution in [0.4, 0.5) is 0 Å². The Hall–Kier alpha value is -0.0100. The highest BCUT2D eigenvalue weighted by Crippen LogP contribution is 2.52. The summed E-state index contributed by atoms with van der Waals surface area (Å²) in [6.45, 7) is 6.61. The van der Waals surface area contributed by atoms with E-state index in [1.165, 1.54) is 21.7 Å². The van der Waals surface area contributed by atoms with Crippen LogP contribution < -0.4 is 0 Å². The molecule has 0 amide bonds. The molecule has 1 aromatic rings. The first kappa shape index (κ1) is 9.54. The van der Waals surface area contributed by atoms with E-state index in [0.29, 0.717) is 0 Å². The minimum Gasteiger partial charge on any atom is -0.144 e. The molecule has 1 aliphatic carbocycles. The minimum atomic E-state index is 0.272. The van der Waals surface area contributed by atoms with Gasteiger partial charge in [-0.1, -0.05) is 6.92 Å². The smallest absolute Gasteiger partial charge is 0.0712 e. The lowest BCUT2D eigenvalue weighted by atomic mass is 10.1. The quantitative estimate of drug-likeness (QED) is 0.644. The maximum Gasteiger partial charge on any atom is 0.0712 e. The second-order valence-corrected chi connectivity index (χ2v) is 5.94. The third kappa shape index (κ3) is 1.77. The van der Waals surface area contributed by atoms with Crippen molar-refractivity contribution >= 4 is 22.9 Å². The summed E-state index contributed by atoms with van der Waals surface area (Å²) in [7, 11) is 0. The van der Waals surface area contributed by atoms with Crippen LogP contribution in [-0.2, 0) is 0 Å². The SMILES string of the molecule is Cc1cc(C)c(C(Cl)C2CC2C)s1. The van der Waals surface area contributed by atoms with Crippen LogP contribution in [0.3, 0.4) is 0 Å². The third-order valence-electron chi connectivity index (χ3n) is 2.88. The average molecular weight is 215 g/mol. The normalized spacial score (nSPS) is 28.9. The van der Waals surface area contributed by atoms with Gasteiger partial charge in [-0.2, -0.15) is 0 Å². The molecule has 1 saturated carbocycles. The monoisotopic (exact) mass is 214 g/mol. The first-order chi connectivity index (χ1) is 6.09. The van der Waals surface area contributed by atoms with Crippen molar-refractivity contribution in [2.75, 3.05) is 0 Å². The summed E-state index contributed by atoms with van der Waals surface area (Å²) in [6, 6.07) is 2.24. The fourth-order valence-electron chi connectivity index (χ4n) is 1.89. The molecule has 0 spiro atoms. The van der Waals surface area contributed by atoms with Gasteiger partial charge in [0, 0.05) is 9.75 Å². The fourth-order valence-corrected chi connectivity index (χ4v) is 3.63. The maximum absolute atomic E-state index is 6.43. The van der Waals surface area contributed by atoms with Crippen LogP contribution in [0.1, 0.15) is 34.0 Å². The Labute approximate surface area is 88.9 Å². The van der Waals surface area contributed by atoms with Gasteiger partial charge in [-0.15, -0.1) is 22.9 Å². The van der Waals surface area contributed by atoms with E-state index < -0.39 is 0 Å². The highest BCUT2D eigenvalue weighted by Gasteiger charge is 2.40. The molecule has 1 fully saturated rings. The Kier molecular flexibility index (Phi) is 2.41. The lowest BCUT2D eigenvalue weighted by molar-refractivity contribution is 0.728. The second kappa shape index (κ2) is 3.29. The summed E-state index contributed by atoms with van der Waals surface area (Å²) in [5.74, 6) is 1.57. The molecule has 0 radical (unpaired) electrons. The van der Waals surface area contributed by atoms with Crippen molar-refractivity contribution in [3.8, 4) is 0 Å². The average Bonchev–Trinajstić information content (AvgIpc) is 2.67. The predicted octanol–water partition coefficient (Wildman–Crippen LogP) is 4.30. The van der Waals surface area contributed by atoms with E-state index in [-0.39, 0.29) is 5.38 Å². The van der Waals surface area contributed by atoms with Crippen molar-refractivity contribution in [3.05, 3.63) is 21.4 Å². The van der Waals surface area contributed by atoms with Gasteiger partial charge in [-0.25, -0.2) is 0 Å². The van der Waals surface area contributed by atoms with Crippen molar-refractivity contribution in [2.24, 2.45) is 11.8 Å². The van der Waals surface area contributed by atoms with Crippen molar-refractivity contribution in [1.82, 2.24) is 0 Å². The molecule has 13 heavy (non-hydrogen) atoms. The van der Waals surface area contributed by atoms with Crippen LogP contribution in [0, 0.1) is 25.7 Å². The summed E-state index contributed by atoms with van der Waals surface area (Å²) >= 11 is 8.29. The maximum atomic E-state index is 6.43. The molecule has 72 valence electrons. The molecule has 3 unspecified atom stereocenters. The topological polar surface area (TPSA) is 0 Å². The van der Waals surface area contributed by atoms with Crippen LogP contribution in [0.5, 0.6) is 0 Å². The van der Waals surface area contributed by atoms with Gasteiger partial charge in [-0.05, 0) is 43.7 Å². The van der Waals surface area contributed by atoms with Gasteiger partial charge in [0.25, 0.3) is 0 Å². The van der Waals surface area contributed by atoms with Gasteiger partial charge in [0.1, 0.15) is 0 Å².